The van der Waals surface area contributed by atoms with E-state index in [1.165, 1.54) is 12.4 Å². The van der Waals surface area contributed by atoms with Gasteiger partial charge in [-0.2, -0.15) is 0 Å². The zero-order valence-corrected chi connectivity index (χ0v) is 6.78. The standard InChI is InChI=1S/C5H3ClN2O2S/c6-3-1-7-2-4(5(3)11)8(9)10/h1-2H,(H,7,11). The Morgan fingerprint density at radius 3 is 2.73 bits per heavy atom. The SMILES string of the molecule is O=[N+]([O-])c1c[nH]cc(Cl)c1=S. The summed E-state index contributed by atoms with van der Waals surface area (Å²) in [6.45, 7) is 0. The van der Waals surface area contributed by atoms with E-state index in [4.69, 9.17) is 11.6 Å². The van der Waals surface area contributed by atoms with E-state index >= 15 is 0 Å². The molecule has 0 atom stereocenters. The van der Waals surface area contributed by atoms with Gasteiger partial charge in [-0.15, -0.1) is 0 Å². The minimum absolute atomic E-state index is 0.0652. The average molecular weight is 191 g/mol. The number of nitrogens with zero attached hydrogens (tertiary/aromatic N) is 1. The van der Waals surface area contributed by atoms with Crippen LogP contribution in [0, 0.1) is 14.6 Å². The Morgan fingerprint density at radius 2 is 2.27 bits per heavy atom. The summed E-state index contributed by atoms with van der Waals surface area (Å²) in [4.78, 5) is 12.2. The number of aromatic amines is 1. The monoisotopic (exact) mass is 190 g/mol. The largest absolute Gasteiger partial charge is 0.361 e. The third kappa shape index (κ3) is 1.55. The molecule has 0 fully saturated rings. The molecule has 0 saturated heterocycles. The first-order chi connectivity index (χ1) is 5.13. The lowest BCUT2D eigenvalue weighted by Gasteiger charge is -1.91. The molecule has 1 heterocycles. The van der Waals surface area contributed by atoms with Gasteiger partial charge in [-0.1, -0.05) is 23.8 Å². The van der Waals surface area contributed by atoms with Crippen LogP contribution in [0.1, 0.15) is 0 Å². The van der Waals surface area contributed by atoms with Crippen LogP contribution in [0.2, 0.25) is 5.02 Å². The van der Waals surface area contributed by atoms with Crippen molar-refractivity contribution in [1.29, 1.82) is 0 Å². The third-order valence-corrected chi connectivity index (χ3v) is 1.92. The molecule has 58 valence electrons. The first-order valence-electron chi connectivity index (χ1n) is 2.64. The van der Waals surface area contributed by atoms with Gasteiger partial charge in [0.1, 0.15) is 4.51 Å². The second-order valence-electron chi connectivity index (χ2n) is 1.77. The van der Waals surface area contributed by atoms with Crippen molar-refractivity contribution >= 4 is 29.5 Å². The summed E-state index contributed by atoms with van der Waals surface area (Å²) < 4.78 is 0.0652. The molecule has 1 N–H and O–H groups in total. The van der Waals surface area contributed by atoms with Gasteiger partial charge in [-0.3, -0.25) is 10.1 Å². The Bertz CT molecular complexity index is 349. The normalized spacial score (nSPS) is 9.55. The number of nitrogens with one attached hydrogen (secondary N) is 1. The van der Waals surface area contributed by atoms with Crippen LogP contribution >= 0.6 is 23.8 Å². The lowest BCUT2D eigenvalue weighted by molar-refractivity contribution is -0.385. The number of rotatable bonds is 1. The molecule has 1 aromatic rings. The van der Waals surface area contributed by atoms with E-state index in [1.807, 2.05) is 0 Å². The fraction of sp³-hybridized carbons (Fsp3) is 0. The van der Waals surface area contributed by atoms with Crippen molar-refractivity contribution < 1.29 is 4.92 Å². The van der Waals surface area contributed by atoms with Gasteiger partial charge in [0.2, 0.25) is 0 Å². The van der Waals surface area contributed by atoms with E-state index in [0.717, 1.165) is 0 Å². The Labute approximate surface area is 72.0 Å². The molecule has 1 rings (SSSR count). The molecule has 0 saturated carbocycles. The van der Waals surface area contributed by atoms with Crippen LogP contribution in [0.3, 0.4) is 0 Å². The van der Waals surface area contributed by atoms with E-state index in [-0.39, 0.29) is 15.2 Å². The van der Waals surface area contributed by atoms with E-state index in [1.54, 1.807) is 0 Å². The molecular weight excluding hydrogens is 188 g/mol. The molecule has 6 heteroatoms. The summed E-state index contributed by atoms with van der Waals surface area (Å²) in [6.07, 6.45) is 2.60. The third-order valence-electron chi connectivity index (χ3n) is 1.08. The summed E-state index contributed by atoms with van der Waals surface area (Å²) >= 11 is 10.2. The number of halogens is 1. The first kappa shape index (κ1) is 8.16. The van der Waals surface area contributed by atoms with Crippen molar-refractivity contribution in [3.63, 3.8) is 0 Å². The topological polar surface area (TPSA) is 58.9 Å². The van der Waals surface area contributed by atoms with Gasteiger partial charge >= 0.3 is 5.69 Å². The highest BCUT2D eigenvalue weighted by Gasteiger charge is 2.09. The molecule has 11 heavy (non-hydrogen) atoms. The Hall–Kier alpha value is -0.940. The molecule has 0 bridgehead atoms. The maximum Gasteiger partial charge on any atom is 0.304 e. The quantitative estimate of drug-likeness (QED) is 0.420. The predicted octanol–water partition coefficient (Wildman–Crippen LogP) is 2.31. The lowest BCUT2D eigenvalue weighted by Crippen LogP contribution is -1.89. The van der Waals surface area contributed by atoms with Crippen LogP contribution in [-0.4, -0.2) is 9.91 Å². The van der Waals surface area contributed by atoms with E-state index in [9.17, 15) is 10.1 Å². The van der Waals surface area contributed by atoms with Crippen LogP contribution in [0.25, 0.3) is 0 Å². The Kier molecular flexibility index (Phi) is 2.21. The average Bonchev–Trinajstić information content (AvgIpc) is 1.94. The highest BCUT2D eigenvalue weighted by molar-refractivity contribution is 7.71. The summed E-state index contributed by atoms with van der Waals surface area (Å²) in [5, 5.41) is 10.4. The highest BCUT2D eigenvalue weighted by Crippen LogP contribution is 2.18. The summed E-state index contributed by atoms with van der Waals surface area (Å²) in [6, 6.07) is 0. The molecule has 0 amide bonds. The number of hydrogen-bond donors (Lipinski definition) is 1. The Morgan fingerprint density at radius 1 is 1.64 bits per heavy atom. The second kappa shape index (κ2) is 2.98. The minimum atomic E-state index is -0.579. The van der Waals surface area contributed by atoms with Crippen LogP contribution in [0.5, 0.6) is 0 Å². The van der Waals surface area contributed by atoms with Crippen LogP contribution in [0.15, 0.2) is 12.4 Å². The number of hydrogen-bond acceptors (Lipinski definition) is 3. The van der Waals surface area contributed by atoms with Crippen LogP contribution in [0.4, 0.5) is 5.69 Å². The molecule has 0 spiro atoms. The number of H-pyrrole nitrogens is 1. The van der Waals surface area contributed by atoms with Gasteiger partial charge in [0, 0.05) is 6.20 Å². The smallest absolute Gasteiger partial charge is 0.304 e. The Balaban J connectivity index is 3.40. The summed E-state index contributed by atoms with van der Waals surface area (Å²) in [5.74, 6) is 0. The fourth-order valence-electron chi connectivity index (χ4n) is 0.583. The van der Waals surface area contributed by atoms with Gasteiger partial charge in [0.05, 0.1) is 16.1 Å². The maximum atomic E-state index is 10.2. The van der Waals surface area contributed by atoms with Crippen LogP contribution < -0.4 is 0 Å². The molecule has 4 nitrogen and oxygen atoms in total. The molecular formula is C5H3ClN2O2S. The second-order valence-corrected chi connectivity index (χ2v) is 2.59. The number of pyridine rings is 1. The van der Waals surface area contributed by atoms with Gasteiger partial charge in [0.25, 0.3) is 0 Å². The zero-order chi connectivity index (χ0) is 8.43. The summed E-state index contributed by atoms with van der Waals surface area (Å²) in [5.41, 5.74) is -0.174. The highest BCUT2D eigenvalue weighted by atomic mass is 35.5. The molecule has 1 aromatic heterocycles. The number of nitro groups is 1. The molecule has 0 aliphatic rings. The van der Waals surface area contributed by atoms with Gasteiger partial charge in [-0.05, 0) is 0 Å². The predicted molar refractivity (Wildman–Crippen MR) is 43.3 cm³/mol. The fourth-order valence-corrected chi connectivity index (χ4v) is 0.935. The lowest BCUT2D eigenvalue weighted by atomic mass is 10.4. The van der Waals surface area contributed by atoms with Gasteiger partial charge in [0.15, 0.2) is 0 Å². The molecule has 0 aliphatic carbocycles. The van der Waals surface area contributed by atoms with Crippen molar-refractivity contribution in [2.24, 2.45) is 0 Å². The number of aromatic nitrogens is 1. The van der Waals surface area contributed by atoms with Crippen molar-refractivity contribution in [2.45, 2.75) is 0 Å². The van der Waals surface area contributed by atoms with Crippen molar-refractivity contribution in [1.82, 2.24) is 4.98 Å². The van der Waals surface area contributed by atoms with Gasteiger partial charge in [-0.25, -0.2) is 0 Å². The van der Waals surface area contributed by atoms with E-state index in [0.29, 0.717) is 0 Å². The van der Waals surface area contributed by atoms with Crippen molar-refractivity contribution in [3.05, 3.63) is 32.0 Å². The first-order valence-corrected chi connectivity index (χ1v) is 3.42. The molecule has 0 radical (unpaired) electrons. The van der Waals surface area contributed by atoms with E-state index in [2.05, 4.69) is 17.2 Å². The van der Waals surface area contributed by atoms with Crippen LogP contribution in [-0.2, 0) is 0 Å². The molecule has 0 aromatic carbocycles. The van der Waals surface area contributed by atoms with E-state index < -0.39 is 4.92 Å². The summed E-state index contributed by atoms with van der Waals surface area (Å²) in [7, 11) is 0. The zero-order valence-electron chi connectivity index (χ0n) is 5.20. The molecule has 0 aliphatic heterocycles. The maximum absolute atomic E-state index is 10.2. The minimum Gasteiger partial charge on any atom is -0.361 e. The van der Waals surface area contributed by atoms with Crippen molar-refractivity contribution in [2.75, 3.05) is 0 Å². The van der Waals surface area contributed by atoms with Gasteiger partial charge < -0.3 is 4.98 Å². The molecule has 0 unspecified atom stereocenters. The van der Waals surface area contributed by atoms with Crippen molar-refractivity contribution in [3.8, 4) is 0 Å².